The Morgan fingerprint density at radius 2 is 1.79 bits per heavy atom. The minimum atomic E-state index is -3.87. The maximum Gasteiger partial charge on any atom is 0.312 e. The maximum atomic E-state index is 15.8. The number of para-hydroxylation sites is 1. The molecule has 4 rings (SSSR count). The highest BCUT2D eigenvalue weighted by Gasteiger charge is 2.43. The number of thiophene rings is 1. The van der Waals surface area contributed by atoms with Crippen molar-refractivity contribution in [2.24, 2.45) is 5.41 Å². The van der Waals surface area contributed by atoms with Crippen molar-refractivity contribution in [1.29, 1.82) is 0 Å². The number of rotatable bonds is 10. The van der Waals surface area contributed by atoms with Crippen molar-refractivity contribution >= 4 is 35.6 Å². The molecule has 0 amide bonds. The van der Waals surface area contributed by atoms with Crippen molar-refractivity contribution in [3.05, 3.63) is 80.8 Å². The predicted octanol–water partition coefficient (Wildman–Crippen LogP) is 8.97. The number of nitrogens with zero attached hydrogens (tertiary/aromatic N) is 1. The number of hydrogen-bond donors (Lipinski definition) is 0. The number of methoxy groups -OCH3 is 1. The van der Waals surface area contributed by atoms with Crippen molar-refractivity contribution < 1.29 is 31.5 Å². The van der Waals surface area contributed by atoms with Crippen LogP contribution < -0.4 is 4.74 Å². The van der Waals surface area contributed by atoms with Crippen LogP contribution in [0.2, 0.25) is 18.1 Å². The van der Waals surface area contributed by atoms with Gasteiger partial charge in [0.25, 0.3) is 0 Å². The number of halogens is 1. The first-order chi connectivity index (χ1) is 21.7. The van der Waals surface area contributed by atoms with Crippen LogP contribution >= 0.6 is 11.3 Å². The number of carbonyl (C=O) groups is 1. The number of ether oxygens (including phenoxy) is 2. The molecule has 7 nitrogen and oxygen atoms in total. The molecule has 0 bridgehead atoms. The molecule has 1 aliphatic rings. The molecular weight excluding hydrogens is 654 g/mol. The zero-order valence-electron chi connectivity index (χ0n) is 29.6. The highest BCUT2D eigenvalue weighted by atomic mass is 32.2. The Kier molecular flexibility index (Phi) is 10.9. The molecule has 2 heterocycles. The Balaban J connectivity index is 1.79. The second-order valence-corrected chi connectivity index (χ2v) is 22.4. The van der Waals surface area contributed by atoms with E-state index in [0.717, 1.165) is 16.7 Å². The zero-order valence-corrected chi connectivity index (χ0v) is 32.2. The first kappa shape index (κ1) is 37.2. The molecule has 1 aliphatic heterocycles. The summed E-state index contributed by atoms with van der Waals surface area (Å²) in [6.07, 6.45) is -0.139. The molecule has 3 aromatic rings. The summed E-state index contributed by atoms with van der Waals surface area (Å²) in [6.45, 7) is 20.4. The number of sulfonamides is 1. The summed E-state index contributed by atoms with van der Waals surface area (Å²) in [4.78, 5) is 14.6. The molecule has 11 heteroatoms. The fraction of sp³-hybridized carbons (Fsp3) is 0.528. The highest BCUT2D eigenvalue weighted by Crippen LogP contribution is 2.48. The van der Waals surface area contributed by atoms with Crippen LogP contribution in [0.4, 0.5) is 4.39 Å². The summed E-state index contributed by atoms with van der Waals surface area (Å²) in [5.74, 6) is -1.01. The summed E-state index contributed by atoms with van der Waals surface area (Å²) < 4.78 is 63.0. The van der Waals surface area contributed by atoms with Crippen molar-refractivity contribution in [1.82, 2.24) is 4.31 Å². The van der Waals surface area contributed by atoms with E-state index in [-0.39, 0.29) is 34.9 Å². The average Bonchev–Trinajstić information content (AvgIpc) is 3.32. The van der Waals surface area contributed by atoms with Gasteiger partial charge in [-0.05, 0) is 87.1 Å². The first-order valence-electron chi connectivity index (χ1n) is 16.1. The second kappa shape index (κ2) is 13.7. The molecule has 2 unspecified atom stereocenters. The lowest BCUT2D eigenvalue weighted by Crippen LogP contribution is -2.41. The Labute approximate surface area is 285 Å². The van der Waals surface area contributed by atoms with Crippen molar-refractivity contribution in [2.75, 3.05) is 13.7 Å². The summed E-state index contributed by atoms with van der Waals surface area (Å²) in [5, 5.41) is -0.0439. The molecule has 0 aliphatic carbocycles. The third-order valence-electron chi connectivity index (χ3n) is 9.77. The summed E-state index contributed by atoms with van der Waals surface area (Å²) in [5.41, 5.74) is 1.38. The zero-order chi connectivity index (χ0) is 35.1. The van der Waals surface area contributed by atoms with E-state index in [4.69, 9.17) is 13.9 Å². The quantitative estimate of drug-likeness (QED) is 0.155. The molecule has 1 aromatic heterocycles. The topological polar surface area (TPSA) is 82.1 Å². The number of aryl methyl sites for hydroxylation is 1. The number of hydrogen-bond acceptors (Lipinski definition) is 7. The summed E-state index contributed by atoms with van der Waals surface area (Å²) >= 11 is 1.31. The van der Waals surface area contributed by atoms with Gasteiger partial charge in [0.1, 0.15) is 22.6 Å². The number of fused-ring (bicyclic) bond motifs is 1. The molecule has 0 saturated carbocycles. The van der Waals surface area contributed by atoms with E-state index in [1.54, 1.807) is 38.1 Å². The summed E-state index contributed by atoms with van der Waals surface area (Å²) in [7, 11) is -4.71. The lowest BCUT2D eigenvalue weighted by Gasteiger charge is -2.38. The Morgan fingerprint density at radius 1 is 1.13 bits per heavy atom. The van der Waals surface area contributed by atoms with Gasteiger partial charge in [0, 0.05) is 17.3 Å². The van der Waals surface area contributed by atoms with Crippen LogP contribution in [0.25, 0.3) is 0 Å². The van der Waals surface area contributed by atoms with Crippen LogP contribution in [0.15, 0.2) is 53.4 Å². The molecule has 0 fully saturated rings. The van der Waals surface area contributed by atoms with E-state index in [1.165, 1.54) is 28.8 Å². The van der Waals surface area contributed by atoms with E-state index in [1.807, 2.05) is 39.0 Å². The minimum Gasteiger partial charge on any atom is -0.488 e. The third-order valence-corrected chi connectivity index (χ3v) is 17.5. The largest absolute Gasteiger partial charge is 0.488 e. The molecule has 47 heavy (non-hydrogen) atoms. The molecule has 3 atom stereocenters. The Hall–Kier alpha value is -2.57. The third kappa shape index (κ3) is 7.54. The van der Waals surface area contributed by atoms with Gasteiger partial charge in [0.15, 0.2) is 8.32 Å². The standard InChI is InChI=1S/C36H50FNO6S2Si/c1-12-27-22-38(46(40,41)31-16-14-13-15-29(31)43-27)21-26-19-25(18-17-23(26)2)32(36(7,8)34(39)42-9)30-20-28(37)33(45-30)24(3)44-47(10,11)35(4,5)6/h13-20,24,27,32H,12,21-22H2,1-11H3/t24?,27-,32?/m1/s1. The normalized spacial score (nSPS) is 18.5. The van der Waals surface area contributed by atoms with E-state index in [0.29, 0.717) is 21.9 Å². The molecule has 2 aromatic carbocycles. The van der Waals surface area contributed by atoms with E-state index >= 15 is 4.39 Å². The van der Waals surface area contributed by atoms with Gasteiger partial charge in [-0.3, -0.25) is 4.79 Å². The fourth-order valence-electron chi connectivity index (χ4n) is 5.85. The van der Waals surface area contributed by atoms with Gasteiger partial charge in [-0.1, -0.05) is 58.0 Å². The molecule has 258 valence electrons. The van der Waals surface area contributed by atoms with E-state index in [9.17, 15) is 13.2 Å². The van der Waals surface area contributed by atoms with E-state index in [2.05, 4.69) is 33.9 Å². The van der Waals surface area contributed by atoms with Gasteiger partial charge in [-0.15, -0.1) is 11.3 Å². The van der Waals surface area contributed by atoms with Crippen LogP contribution in [0.5, 0.6) is 5.75 Å². The predicted molar refractivity (Wildman–Crippen MR) is 189 cm³/mol. The van der Waals surface area contributed by atoms with Gasteiger partial charge < -0.3 is 13.9 Å². The number of carbonyl (C=O) groups excluding carboxylic acids is 1. The lowest BCUT2D eigenvalue weighted by molar-refractivity contribution is -0.151. The summed E-state index contributed by atoms with van der Waals surface area (Å²) in [6, 6.07) is 14.1. The Morgan fingerprint density at radius 3 is 2.40 bits per heavy atom. The van der Waals surface area contributed by atoms with Crippen molar-refractivity contribution in [3.8, 4) is 5.75 Å². The van der Waals surface area contributed by atoms with Gasteiger partial charge in [-0.2, -0.15) is 4.31 Å². The van der Waals surface area contributed by atoms with Gasteiger partial charge in [0.05, 0.1) is 30.1 Å². The highest BCUT2D eigenvalue weighted by molar-refractivity contribution is 7.89. The Bertz CT molecular complexity index is 1710. The van der Waals surface area contributed by atoms with E-state index < -0.39 is 41.7 Å². The molecular formula is C36H50FNO6S2Si. The van der Waals surface area contributed by atoms with Crippen LogP contribution in [-0.2, 0) is 30.5 Å². The molecule has 0 saturated heterocycles. The number of benzene rings is 2. The number of esters is 1. The monoisotopic (exact) mass is 703 g/mol. The molecule has 0 radical (unpaired) electrons. The second-order valence-electron chi connectivity index (χ2n) is 14.6. The van der Waals surface area contributed by atoms with Crippen LogP contribution in [0.3, 0.4) is 0 Å². The maximum absolute atomic E-state index is 15.8. The SMILES string of the molecule is CC[C@@H]1CN(Cc2cc(C(c3cc(F)c(C(C)O[Si](C)(C)C(C)(C)C)s3)C(C)(C)C(=O)OC)ccc2C)S(=O)(=O)c2ccccc2O1. The van der Waals surface area contributed by atoms with Crippen LogP contribution in [0, 0.1) is 18.2 Å². The van der Waals surface area contributed by atoms with Gasteiger partial charge in [0.2, 0.25) is 10.0 Å². The van der Waals surface area contributed by atoms with Gasteiger partial charge >= 0.3 is 5.97 Å². The lowest BCUT2D eigenvalue weighted by atomic mass is 9.73. The molecule has 0 N–H and O–H groups in total. The minimum absolute atomic E-state index is 0.0439. The van der Waals surface area contributed by atoms with Crippen LogP contribution in [-0.4, -0.2) is 46.8 Å². The average molecular weight is 704 g/mol. The van der Waals surface area contributed by atoms with Crippen molar-refractivity contribution in [3.63, 3.8) is 0 Å². The van der Waals surface area contributed by atoms with Gasteiger partial charge in [-0.25, -0.2) is 12.8 Å². The smallest absolute Gasteiger partial charge is 0.312 e. The van der Waals surface area contributed by atoms with Crippen molar-refractivity contribution in [2.45, 2.75) is 110 Å². The fourth-order valence-corrected chi connectivity index (χ4v) is 10.2. The molecule has 0 spiro atoms. The first-order valence-corrected chi connectivity index (χ1v) is 21.3. The van der Waals surface area contributed by atoms with Crippen LogP contribution in [0.1, 0.15) is 93.4 Å².